The molecule has 2 amide bonds. The van der Waals surface area contributed by atoms with Crippen molar-refractivity contribution in [3.8, 4) is 5.75 Å². The molecule has 8 nitrogen and oxygen atoms in total. The first-order valence-corrected chi connectivity index (χ1v) is 7.81. The first-order chi connectivity index (χ1) is 11.7. The van der Waals surface area contributed by atoms with Gasteiger partial charge in [0.2, 0.25) is 5.91 Å². The van der Waals surface area contributed by atoms with Gasteiger partial charge in [-0.05, 0) is 31.9 Å². The maximum atomic E-state index is 12.2. The largest absolute Gasteiger partial charge is 0.493 e. The summed E-state index contributed by atoms with van der Waals surface area (Å²) in [6.07, 6.45) is 2.09. The molecule has 8 heteroatoms. The van der Waals surface area contributed by atoms with E-state index in [4.69, 9.17) is 9.26 Å². The van der Waals surface area contributed by atoms with Crippen LogP contribution in [0.1, 0.15) is 41.9 Å². The SMILES string of the molecule is CCOc1ccccc1C(=O)NCC(=O)Nc1nc(C2CC2)no1. The van der Waals surface area contributed by atoms with Gasteiger partial charge in [0.05, 0.1) is 18.7 Å². The number of para-hydroxylation sites is 1. The van der Waals surface area contributed by atoms with Crippen molar-refractivity contribution in [2.24, 2.45) is 0 Å². The van der Waals surface area contributed by atoms with Gasteiger partial charge in [0.25, 0.3) is 5.91 Å². The van der Waals surface area contributed by atoms with Crippen molar-refractivity contribution in [1.29, 1.82) is 0 Å². The van der Waals surface area contributed by atoms with Crippen molar-refractivity contribution in [1.82, 2.24) is 15.5 Å². The Hall–Kier alpha value is -2.90. The molecule has 3 rings (SSSR count). The van der Waals surface area contributed by atoms with Crippen LogP contribution >= 0.6 is 0 Å². The van der Waals surface area contributed by atoms with E-state index in [1.165, 1.54) is 0 Å². The van der Waals surface area contributed by atoms with Crippen molar-refractivity contribution >= 4 is 17.8 Å². The average Bonchev–Trinajstić information content (AvgIpc) is 3.33. The molecule has 0 unspecified atom stereocenters. The molecule has 0 saturated heterocycles. The second kappa shape index (κ2) is 7.12. The highest BCUT2D eigenvalue weighted by Gasteiger charge is 2.29. The molecule has 0 bridgehead atoms. The lowest BCUT2D eigenvalue weighted by Crippen LogP contribution is -2.33. The lowest BCUT2D eigenvalue weighted by atomic mass is 10.2. The number of carbonyl (C=O) groups excluding carboxylic acids is 2. The van der Waals surface area contributed by atoms with E-state index in [2.05, 4.69) is 20.8 Å². The summed E-state index contributed by atoms with van der Waals surface area (Å²) < 4.78 is 10.4. The number of ether oxygens (including phenoxy) is 1. The van der Waals surface area contributed by atoms with Crippen molar-refractivity contribution in [2.75, 3.05) is 18.5 Å². The van der Waals surface area contributed by atoms with Crippen molar-refractivity contribution < 1.29 is 18.8 Å². The van der Waals surface area contributed by atoms with E-state index in [1.54, 1.807) is 24.3 Å². The Morgan fingerprint density at radius 1 is 1.33 bits per heavy atom. The third-order valence-electron chi connectivity index (χ3n) is 3.47. The molecule has 126 valence electrons. The number of aromatic nitrogens is 2. The molecule has 0 atom stereocenters. The Kier molecular flexibility index (Phi) is 4.74. The third kappa shape index (κ3) is 3.89. The number of carbonyl (C=O) groups is 2. The van der Waals surface area contributed by atoms with Crippen LogP contribution < -0.4 is 15.4 Å². The number of anilines is 1. The molecule has 1 aliphatic rings. The first-order valence-electron chi connectivity index (χ1n) is 7.81. The van der Waals surface area contributed by atoms with Crippen LogP contribution in [0.25, 0.3) is 0 Å². The lowest BCUT2D eigenvalue weighted by molar-refractivity contribution is -0.115. The van der Waals surface area contributed by atoms with Crippen LogP contribution in [0.15, 0.2) is 28.8 Å². The number of nitrogens with zero attached hydrogens (tertiary/aromatic N) is 2. The van der Waals surface area contributed by atoms with E-state index in [1.807, 2.05) is 6.92 Å². The van der Waals surface area contributed by atoms with Gasteiger partial charge in [-0.1, -0.05) is 17.3 Å². The second-order valence-corrected chi connectivity index (χ2v) is 5.39. The predicted molar refractivity (Wildman–Crippen MR) is 84.8 cm³/mol. The molecule has 1 aromatic carbocycles. The Labute approximate surface area is 138 Å². The van der Waals surface area contributed by atoms with E-state index in [9.17, 15) is 9.59 Å². The summed E-state index contributed by atoms with van der Waals surface area (Å²) >= 11 is 0. The summed E-state index contributed by atoms with van der Waals surface area (Å²) in [5.41, 5.74) is 0.376. The van der Waals surface area contributed by atoms with E-state index in [0.717, 1.165) is 12.8 Å². The minimum Gasteiger partial charge on any atom is -0.493 e. The highest BCUT2D eigenvalue weighted by Crippen LogP contribution is 2.38. The molecule has 0 aliphatic heterocycles. The fourth-order valence-corrected chi connectivity index (χ4v) is 2.15. The zero-order valence-electron chi connectivity index (χ0n) is 13.2. The van der Waals surface area contributed by atoms with Crippen molar-refractivity contribution in [2.45, 2.75) is 25.7 Å². The second-order valence-electron chi connectivity index (χ2n) is 5.39. The van der Waals surface area contributed by atoms with Gasteiger partial charge in [-0.3, -0.25) is 14.9 Å². The number of nitrogens with one attached hydrogen (secondary N) is 2. The summed E-state index contributed by atoms with van der Waals surface area (Å²) in [6, 6.07) is 6.90. The van der Waals surface area contributed by atoms with Crippen molar-refractivity contribution in [3.05, 3.63) is 35.7 Å². The molecule has 1 aromatic heterocycles. The van der Waals surface area contributed by atoms with Crippen LogP contribution in [0.2, 0.25) is 0 Å². The van der Waals surface area contributed by atoms with Crippen LogP contribution in [-0.2, 0) is 4.79 Å². The van der Waals surface area contributed by atoms with Gasteiger partial charge in [0.1, 0.15) is 5.75 Å². The number of hydrogen-bond donors (Lipinski definition) is 2. The number of rotatable bonds is 7. The quantitative estimate of drug-likeness (QED) is 0.800. The number of benzene rings is 1. The topological polar surface area (TPSA) is 106 Å². The van der Waals surface area contributed by atoms with Crippen molar-refractivity contribution in [3.63, 3.8) is 0 Å². The summed E-state index contributed by atoms with van der Waals surface area (Å²) in [5, 5.41) is 8.81. The number of hydrogen-bond acceptors (Lipinski definition) is 6. The highest BCUT2D eigenvalue weighted by molar-refractivity contribution is 6.00. The summed E-state index contributed by atoms with van der Waals surface area (Å²) in [6.45, 7) is 2.08. The molecule has 1 heterocycles. The lowest BCUT2D eigenvalue weighted by Gasteiger charge is -2.09. The van der Waals surface area contributed by atoms with Gasteiger partial charge in [0, 0.05) is 5.92 Å². The fourth-order valence-electron chi connectivity index (χ4n) is 2.15. The molecule has 24 heavy (non-hydrogen) atoms. The molecule has 1 aliphatic carbocycles. The molecule has 0 radical (unpaired) electrons. The Morgan fingerprint density at radius 3 is 2.88 bits per heavy atom. The van der Waals surface area contributed by atoms with E-state index in [-0.39, 0.29) is 12.6 Å². The van der Waals surface area contributed by atoms with E-state index >= 15 is 0 Å². The van der Waals surface area contributed by atoms with Crippen LogP contribution in [0.5, 0.6) is 5.75 Å². The predicted octanol–water partition coefficient (Wildman–Crippen LogP) is 1.71. The van der Waals surface area contributed by atoms with Crippen LogP contribution in [0.3, 0.4) is 0 Å². The normalized spacial score (nSPS) is 13.4. The van der Waals surface area contributed by atoms with Gasteiger partial charge in [0.15, 0.2) is 5.82 Å². The zero-order chi connectivity index (χ0) is 16.9. The van der Waals surface area contributed by atoms with Gasteiger partial charge < -0.3 is 14.6 Å². The maximum Gasteiger partial charge on any atom is 0.328 e. The van der Waals surface area contributed by atoms with Gasteiger partial charge in [-0.2, -0.15) is 4.98 Å². The van der Waals surface area contributed by atoms with Gasteiger partial charge in [-0.25, -0.2) is 0 Å². The molecule has 0 spiro atoms. The maximum absolute atomic E-state index is 12.2. The third-order valence-corrected chi connectivity index (χ3v) is 3.47. The standard InChI is InChI=1S/C16H18N4O4/c1-2-23-12-6-4-3-5-11(12)15(22)17-9-13(21)18-16-19-14(20-24-16)10-7-8-10/h3-6,10H,2,7-9H2,1H3,(H,17,22)(H,18,19,20,21). The number of amides is 2. The van der Waals surface area contributed by atoms with Crippen LogP contribution in [-0.4, -0.2) is 35.1 Å². The van der Waals surface area contributed by atoms with Crippen LogP contribution in [0, 0.1) is 0 Å². The Balaban J connectivity index is 1.52. The molecule has 2 aromatic rings. The molecule has 1 fully saturated rings. The van der Waals surface area contributed by atoms with Gasteiger partial charge in [-0.15, -0.1) is 0 Å². The average molecular weight is 330 g/mol. The minimum absolute atomic E-state index is 0.0471. The summed E-state index contributed by atoms with van der Waals surface area (Å²) in [7, 11) is 0. The molecular formula is C16H18N4O4. The minimum atomic E-state index is -0.441. The Bertz CT molecular complexity index is 739. The first kappa shape index (κ1) is 16.0. The van der Waals surface area contributed by atoms with E-state index in [0.29, 0.717) is 29.7 Å². The summed E-state index contributed by atoms with van der Waals surface area (Å²) in [4.78, 5) is 28.1. The Morgan fingerprint density at radius 2 is 2.12 bits per heavy atom. The zero-order valence-corrected chi connectivity index (χ0v) is 13.2. The van der Waals surface area contributed by atoms with E-state index < -0.39 is 11.8 Å². The highest BCUT2D eigenvalue weighted by atomic mass is 16.5. The fraction of sp³-hybridized carbons (Fsp3) is 0.375. The monoisotopic (exact) mass is 330 g/mol. The van der Waals surface area contributed by atoms with Gasteiger partial charge >= 0.3 is 6.01 Å². The summed E-state index contributed by atoms with van der Waals surface area (Å²) in [5.74, 6) is 0.597. The molecular weight excluding hydrogens is 312 g/mol. The smallest absolute Gasteiger partial charge is 0.328 e. The molecule has 2 N–H and O–H groups in total. The molecule has 1 saturated carbocycles. The van der Waals surface area contributed by atoms with Crippen LogP contribution in [0.4, 0.5) is 6.01 Å².